The molecule has 0 radical (unpaired) electrons. The minimum absolute atomic E-state index is 0.326. The fourth-order valence-corrected chi connectivity index (χ4v) is 4.51. The first-order valence-electron chi connectivity index (χ1n) is 8.16. The molecule has 5 heteroatoms. The summed E-state index contributed by atoms with van der Waals surface area (Å²) in [6.07, 6.45) is 2.34. The van der Waals surface area contributed by atoms with Crippen molar-refractivity contribution >= 4 is 34.8 Å². The molecule has 0 amide bonds. The van der Waals surface area contributed by atoms with Gasteiger partial charge in [0.05, 0.1) is 0 Å². The highest BCUT2D eigenvalue weighted by atomic mass is 32.2. The van der Waals surface area contributed by atoms with Crippen molar-refractivity contribution in [3.05, 3.63) is 29.8 Å². The fourth-order valence-electron chi connectivity index (χ4n) is 2.96. The summed E-state index contributed by atoms with van der Waals surface area (Å²) in [7, 11) is 1.91. The lowest BCUT2D eigenvalue weighted by atomic mass is 10.1. The van der Waals surface area contributed by atoms with Gasteiger partial charge in [-0.05, 0) is 31.1 Å². The number of thioether (sulfide) groups is 1. The smallest absolute Gasteiger partial charge is 0.169 e. The van der Waals surface area contributed by atoms with Crippen molar-refractivity contribution in [1.29, 1.82) is 0 Å². The van der Waals surface area contributed by atoms with Crippen molar-refractivity contribution in [2.45, 2.75) is 32.1 Å². The molecular formula is C17H27N3S2. The van der Waals surface area contributed by atoms with Gasteiger partial charge in [-0.25, -0.2) is 0 Å². The predicted molar refractivity (Wildman–Crippen MR) is 103 cm³/mol. The van der Waals surface area contributed by atoms with Gasteiger partial charge >= 0.3 is 0 Å². The summed E-state index contributed by atoms with van der Waals surface area (Å²) < 4.78 is 0. The summed E-state index contributed by atoms with van der Waals surface area (Å²) in [6, 6.07) is 8.83. The van der Waals surface area contributed by atoms with E-state index in [2.05, 4.69) is 53.2 Å². The van der Waals surface area contributed by atoms with Crippen molar-refractivity contribution in [3.63, 3.8) is 0 Å². The Morgan fingerprint density at radius 1 is 1.32 bits per heavy atom. The van der Waals surface area contributed by atoms with Crippen LogP contribution in [0.1, 0.15) is 37.6 Å². The van der Waals surface area contributed by atoms with E-state index in [9.17, 15) is 0 Å². The molecule has 1 aromatic carbocycles. The van der Waals surface area contributed by atoms with Crippen LogP contribution in [0.4, 0.5) is 5.69 Å². The molecule has 3 nitrogen and oxygen atoms in total. The number of hydrogen-bond donors (Lipinski definition) is 1. The summed E-state index contributed by atoms with van der Waals surface area (Å²) in [5.41, 5.74) is 2.76. The van der Waals surface area contributed by atoms with Gasteiger partial charge in [-0.15, -0.1) is 11.8 Å². The van der Waals surface area contributed by atoms with Gasteiger partial charge in [0, 0.05) is 43.7 Å². The van der Waals surface area contributed by atoms with Crippen LogP contribution in [0.2, 0.25) is 0 Å². The van der Waals surface area contributed by atoms with Crippen LogP contribution in [0.25, 0.3) is 0 Å². The third kappa shape index (κ3) is 3.87. The molecule has 2 rings (SSSR count). The van der Waals surface area contributed by atoms with E-state index in [4.69, 9.17) is 12.2 Å². The van der Waals surface area contributed by atoms with E-state index in [0.717, 1.165) is 30.5 Å². The lowest BCUT2D eigenvalue weighted by Gasteiger charge is -2.32. The third-order valence-corrected chi connectivity index (χ3v) is 5.58. The predicted octanol–water partition coefficient (Wildman–Crippen LogP) is 3.86. The average molecular weight is 338 g/mol. The second kappa shape index (κ2) is 8.63. The van der Waals surface area contributed by atoms with Gasteiger partial charge in [0.1, 0.15) is 5.37 Å². The number of rotatable bonds is 6. The quantitative estimate of drug-likeness (QED) is 0.792. The Balaban J connectivity index is 2.32. The zero-order chi connectivity index (χ0) is 15.9. The highest BCUT2D eigenvalue weighted by Crippen LogP contribution is 2.42. The first-order valence-corrected chi connectivity index (χ1v) is 9.62. The molecule has 1 aliphatic rings. The molecule has 1 heterocycles. The Morgan fingerprint density at radius 2 is 2.00 bits per heavy atom. The van der Waals surface area contributed by atoms with Crippen LogP contribution in [0.5, 0.6) is 0 Å². The second-order valence-corrected chi connectivity index (χ2v) is 7.09. The lowest BCUT2D eigenvalue weighted by Crippen LogP contribution is -2.37. The maximum atomic E-state index is 5.49. The highest BCUT2D eigenvalue weighted by molar-refractivity contribution is 7.99. The Hall–Kier alpha value is -0.940. The van der Waals surface area contributed by atoms with Crippen molar-refractivity contribution in [2.75, 3.05) is 37.3 Å². The monoisotopic (exact) mass is 337 g/mol. The normalized spacial score (nSPS) is 17.6. The number of nitrogens with zero attached hydrogens (tertiary/aromatic N) is 2. The van der Waals surface area contributed by atoms with Crippen molar-refractivity contribution < 1.29 is 0 Å². The van der Waals surface area contributed by atoms with Gasteiger partial charge in [-0.1, -0.05) is 32.0 Å². The number of para-hydroxylation sites is 1. The summed E-state index contributed by atoms with van der Waals surface area (Å²) in [5, 5.41) is 4.31. The van der Waals surface area contributed by atoms with Crippen LogP contribution in [-0.4, -0.2) is 42.4 Å². The molecule has 1 fully saturated rings. The van der Waals surface area contributed by atoms with Crippen molar-refractivity contribution in [3.8, 4) is 0 Å². The molecular weight excluding hydrogens is 310 g/mol. The maximum Gasteiger partial charge on any atom is 0.169 e. The van der Waals surface area contributed by atoms with Crippen LogP contribution in [0.3, 0.4) is 0 Å². The molecule has 0 aromatic heterocycles. The fraction of sp³-hybridized carbons (Fsp3) is 0.588. The summed E-state index contributed by atoms with van der Waals surface area (Å²) in [5.74, 6) is 1.13. The lowest BCUT2D eigenvalue weighted by molar-refractivity contribution is 0.445. The van der Waals surface area contributed by atoms with Crippen LogP contribution < -0.4 is 10.2 Å². The average Bonchev–Trinajstić information content (AvgIpc) is 3.03. The zero-order valence-corrected chi connectivity index (χ0v) is 15.5. The molecule has 1 saturated heterocycles. The van der Waals surface area contributed by atoms with E-state index in [1.807, 2.05) is 18.8 Å². The molecule has 1 aromatic rings. The Bertz CT molecular complexity index is 487. The standard InChI is InChI=1S/C17H27N3S2/c1-4-10-19(11-5-2)15-9-7-6-8-14(15)16-20(12-13-22-16)17(21)18-3/h6-9,16H,4-5,10-13H2,1-3H3,(H,18,21). The zero-order valence-electron chi connectivity index (χ0n) is 13.8. The van der Waals surface area contributed by atoms with E-state index in [1.54, 1.807) is 0 Å². The largest absolute Gasteiger partial charge is 0.371 e. The summed E-state index contributed by atoms with van der Waals surface area (Å²) >= 11 is 7.48. The minimum atomic E-state index is 0.326. The van der Waals surface area contributed by atoms with Gasteiger partial charge in [0.25, 0.3) is 0 Å². The van der Waals surface area contributed by atoms with Gasteiger partial charge in [0.15, 0.2) is 5.11 Å². The number of benzene rings is 1. The van der Waals surface area contributed by atoms with E-state index in [0.29, 0.717) is 5.37 Å². The van der Waals surface area contributed by atoms with Crippen LogP contribution in [-0.2, 0) is 0 Å². The molecule has 22 heavy (non-hydrogen) atoms. The topological polar surface area (TPSA) is 18.5 Å². The van der Waals surface area contributed by atoms with Crippen LogP contribution in [0, 0.1) is 0 Å². The molecule has 1 aliphatic heterocycles. The molecule has 0 saturated carbocycles. The van der Waals surface area contributed by atoms with Gasteiger partial charge in [-0.2, -0.15) is 0 Å². The van der Waals surface area contributed by atoms with Crippen molar-refractivity contribution in [2.24, 2.45) is 0 Å². The molecule has 1 unspecified atom stereocenters. The summed E-state index contributed by atoms with van der Waals surface area (Å²) in [4.78, 5) is 4.84. The van der Waals surface area contributed by atoms with Gasteiger partial charge in [-0.3, -0.25) is 0 Å². The summed E-state index contributed by atoms with van der Waals surface area (Å²) in [6.45, 7) is 7.73. The number of hydrogen-bond acceptors (Lipinski definition) is 3. The Morgan fingerprint density at radius 3 is 2.64 bits per heavy atom. The third-order valence-electron chi connectivity index (χ3n) is 3.90. The van der Waals surface area contributed by atoms with Gasteiger partial charge in [0.2, 0.25) is 0 Å². The molecule has 1 atom stereocenters. The van der Waals surface area contributed by atoms with Crippen LogP contribution >= 0.6 is 24.0 Å². The maximum absolute atomic E-state index is 5.49. The minimum Gasteiger partial charge on any atom is -0.371 e. The van der Waals surface area contributed by atoms with E-state index in [-0.39, 0.29) is 0 Å². The van der Waals surface area contributed by atoms with E-state index < -0.39 is 0 Å². The highest BCUT2D eigenvalue weighted by Gasteiger charge is 2.30. The SMILES string of the molecule is CCCN(CCC)c1ccccc1C1SCCN1C(=S)NC. The first kappa shape index (κ1) is 17.4. The van der Waals surface area contributed by atoms with E-state index in [1.165, 1.54) is 24.1 Å². The first-order chi connectivity index (χ1) is 10.7. The molecule has 0 bridgehead atoms. The number of thiocarbonyl (C=S) groups is 1. The second-order valence-electron chi connectivity index (χ2n) is 5.52. The van der Waals surface area contributed by atoms with E-state index >= 15 is 0 Å². The molecule has 0 aliphatic carbocycles. The Labute approximate surface area is 144 Å². The molecule has 0 spiro atoms. The van der Waals surface area contributed by atoms with Gasteiger partial charge < -0.3 is 15.1 Å². The van der Waals surface area contributed by atoms with Crippen LogP contribution in [0.15, 0.2) is 24.3 Å². The number of anilines is 1. The Kier molecular flexibility index (Phi) is 6.83. The number of nitrogens with one attached hydrogen (secondary N) is 1. The molecule has 122 valence electrons. The van der Waals surface area contributed by atoms with Crippen molar-refractivity contribution in [1.82, 2.24) is 10.2 Å². The molecule has 1 N–H and O–H groups in total.